The fraction of sp³-hybridized carbons (Fsp3) is 0.278. The number of nitrogens with one attached hydrogen (secondary N) is 2. The molecule has 1 aromatic carbocycles. The summed E-state index contributed by atoms with van der Waals surface area (Å²) in [6.45, 7) is 1.12. The number of hydrogen-bond donors (Lipinski definition) is 2. The maximum absolute atomic E-state index is 12.4. The number of aromatic nitrogens is 4. The van der Waals surface area contributed by atoms with Gasteiger partial charge in [-0.25, -0.2) is 9.78 Å². The predicted molar refractivity (Wildman–Crippen MR) is 97.1 cm³/mol. The van der Waals surface area contributed by atoms with E-state index < -0.39 is 11.6 Å². The average Bonchev–Trinajstić information content (AvgIpc) is 3.26. The van der Waals surface area contributed by atoms with Gasteiger partial charge in [0.2, 0.25) is 0 Å². The molecule has 27 heavy (non-hydrogen) atoms. The van der Waals surface area contributed by atoms with Crippen LogP contribution in [0.4, 0.5) is 10.6 Å². The highest BCUT2D eigenvalue weighted by molar-refractivity contribution is 6.07. The minimum Gasteiger partial charge on any atom is -0.353 e. The Balaban J connectivity index is 1.59. The van der Waals surface area contributed by atoms with Crippen LogP contribution in [-0.2, 0) is 4.79 Å². The molecule has 9 nitrogen and oxygen atoms in total. The summed E-state index contributed by atoms with van der Waals surface area (Å²) in [5.41, 5.74) is 0.854. The monoisotopic (exact) mass is 363 g/mol. The van der Waals surface area contributed by atoms with E-state index in [0.717, 1.165) is 30.0 Å². The van der Waals surface area contributed by atoms with Gasteiger partial charge in [0, 0.05) is 18.2 Å². The lowest BCUT2D eigenvalue weighted by Gasteiger charge is -2.39. The molecule has 4 heterocycles. The number of imide groups is 1. The molecule has 2 N–H and O–H groups in total. The Labute approximate surface area is 154 Å². The number of hydrogen-bond acceptors (Lipinski definition) is 6. The van der Waals surface area contributed by atoms with Gasteiger partial charge in [0.25, 0.3) is 11.7 Å². The Hall–Kier alpha value is -3.49. The Kier molecular flexibility index (Phi) is 3.36. The summed E-state index contributed by atoms with van der Waals surface area (Å²) in [4.78, 5) is 34.9. The Morgan fingerprint density at radius 1 is 1.15 bits per heavy atom. The van der Waals surface area contributed by atoms with Gasteiger partial charge >= 0.3 is 6.03 Å². The average molecular weight is 363 g/mol. The summed E-state index contributed by atoms with van der Waals surface area (Å²) < 4.78 is 1.67. The van der Waals surface area contributed by atoms with E-state index in [-0.39, 0.29) is 5.91 Å². The van der Waals surface area contributed by atoms with E-state index in [2.05, 4.69) is 30.6 Å². The van der Waals surface area contributed by atoms with Gasteiger partial charge in [-0.1, -0.05) is 30.3 Å². The predicted octanol–water partition coefficient (Wildman–Crippen LogP) is 0.970. The second-order valence-corrected chi connectivity index (χ2v) is 6.85. The van der Waals surface area contributed by atoms with Crippen LogP contribution >= 0.6 is 0 Å². The van der Waals surface area contributed by atoms with Gasteiger partial charge in [-0.2, -0.15) is 14.6 Å². The van der Waals surface area contributed by atoms with Gasteiger partial charge in [0.15, 0.2) is 0 Å². The summed E-state index contributed by atoms with van der Waals surface area (Å²) >= 11 is 0. The van der Waals surface area contributed by atoms with Crippen LogP contribution in [0.1, 0.15) is 12.8 Å². The number of carbonyl (C=O) groups excluding carboxylic acids is 2. The maximum Gasteiger partial charge on any atom is 0.322 e. The van der Waals surface area contributed by atoms with E-state index in [1.165, 1.54) is 6.33 Å². The van der Waals surface area contributed by atoms with Crippen molar-refractivity contribution in [1.29, 1.82) is 0 Å². The van der Waals surface area contributed by atoms with E-state index >= 15 is 0 Å². The summed E-state index contributed by atoms with van der Waals surface area (Å²) in [5.74, 6) is 1.01. The number of anilines is 1. The van der Waals surface area contributed by atoms with Gasteiger partial charge in [0.05, 0.1) is 12.2 Å². The normalized spacial score (nSPS) is 22.3. The standard InChI is InChI=1S/C18H17N7O2/c26-15-18(23-17(27)22-15)7-4-8-24(10-18)14-9-13(12-5-2-1-3-6-12)21-16-19-11-20-25(14)16/h1-3,5-6,9,11H,4,7-8,10H2,(H2,22,23,26,27). The molecule has 2 aliphatic rings. The van der Waals surface area contributed by atoms with E-state index in [1.54, 1.807) is 4.52 Å². The smallest absolute Gasteiger partial charge is 0.322 e. The number of benzene rings is 1. The Morgan fingerprint density at radius 3 is 2.78 bits per heavy atom. The molecule has 0 aliphatic carbocycles. The van der Waals surface area contributed by atoms with Crippen molar-refractivity contribution in [2.24, 2.45) is 0 Å². The lowest BCUT2D eigenvalue weighted by molar-refractivity contribution is -0.124. The molecule has 3 amide bonds. The van der Waals surface area contributed by atoms with Crippen LogP contribution in [0.5, 0.6) is 0 Å². The number of amides is 3. The quantitative estimate of drug-likeness (QED) is 0.658. The minimum absolute atomic E-state index is 0.274. The largest absolute Gasteiger partial charge is 0.353 e. The third-order valence-corrected chi connectivity index (χ3v) is 5.13. The number of rotatable bonds is 2. The van der Waals surface area contributed by atoms with Crippen molar-refractivity contribution in [2.45, 2.75) is 18.4 Å². The van der Waals surface area contributed by atoms with Crippen molar-refractivity contribution < 1.29 is 9.59 Å². The molecule has 2 aliphatic heterocycles. The zero-order valence-corrected chi connectivity index (χ0v) is 14.4. The zero-order valence-electron chi connectivity index (χ0n) is 14.4. The highest BCUT2D eigenvalue weighted by atomic mass is 16.2. The molecule has 2 aromatic heterocycles. The molecule has 136 valence electrons. The van der Waals surface area contributed by atoms with Crippen LogP contribution in [0.2, 0.25) is 0 Å². The van der Waals surface area contributed by atoms with Gasteiger partial charge in [-0.3, -0.25) is 10.1 Å². The lowest BCUT2D eigenvalue weighted by Crippen LogP contribution is -2.59. The van der Waals surface area contributed by atoms with Crippen molar-refractivity contribution in [3.05, 3.63) is 42.7 Å². The molecule has 9 heteroatoms. The van der Waals surface area contributed by atoms with Crippen LogP contribution in [0.15, 0.2) is 42.7 Å². The van der Waals surface area contributed by atoms with Crippen LogP contribution in [0, 0.1) is 0 Å². The highest BCUT2D eigenvalue weighted by Crippen LogP contribution is 2.30. The van der Waals surface area contributed by atoms with Crippen LogP contribution < -0.4 is 15.5 Å². The Bertz CT molecular complexity index is 1050. The molecule has 1 spiro atoms. The number of piperidine rings is 1. The fourth-order valence-electron chi connectivity index (χ4n) is 3.85. The van der Waals surface area contributed by atoms with Gasteiger partial charge in [0.1, 0.15) is 17.7 Å². The van der Waals surface area contributed by atoms with Crippen molar-refractivity contribution in [1.82, 2.24) is 30.2 Å². The third kappa shape index (κ3) is 2.50. The number of carbonyl (C=O) groups is 2. The van der Waals surface area contributed by atoms with Crippen LogP contribution in [0.3, 0.4) is 0 Å². The first-order valence-electron chi connectivity index (χ1n) is 8.79. The van der Waals surface area contributed by atoms with Crippen LogP contribution in [0.25, 0.3) is 17.0 Å². The lowest BCUT2D eigenvalue weighted by atomic mass is 9.89. The molecular weight excluding hydrogens is 346 g/mol. The summed E-state index contributed by atoms with van der Waals surface area (Å²) in [6, 6.07) is 11.4. The van der Waals surface area contributed by atoms with E-state index in [1.807, 2.05) is 36.4 Å². The number of nitrogens with zero attached hydrogens (tertiary/aromatic N) is 5. The molecule has 1 unspecified atom stereocenters. The maximum atomic E-state index is 12.4. The molecule has 0 saturated carbocycles. The van der Waals surface area contributed by atoms with E-state index in [0.29, 0.717) is 18.7 Å². The molecule has 0 bridgehead atoms. The second-order valence-electron chi connectivity index (χ2n) is 6.85. The van der Waals surface area contributed by atoms with Crippen molar-refractivity contribution in [2.75, 3.05) is 18.0 Å². The van der Waals surface area contributed by atoms with Crippen molar-refractivity contribution in [3.63, 3.8) is 0 Å². The molecule has 0 radical (unpaired) electrons. The number of urea groups is 1. The van der Waals surface area contributed by atoms with Gasteiger partial charge in [-0.15, -0.1) is 0 Å². The van der Waals surface area contributed by atoms with Crippen molar-refractivity contribution in [3.8, 4) is 11.3 Å². The molecule has 3 aromatic rings. The van der Waals surface area contributed by atoms with Crippen molar-refractivity contribution >= 4 is 23.5 Å². The summed E-state index contributed by atoms with van der Waals surface area (Å²) in [6.07, 6.45) is 2.84. The van der Waals surface area contributed by atoms with Gasteiger partial charge < -0.3 is 10.2 Å². The molecule has 2 fully saturated rings. The first-order valence-corrected chi connectivity index (χ1v) is 8.79. The zero-order chi connectivity index (χ0) is 18.4. The molecule has 1 atom stereocenters. The summed E-state index contributed by atoms with van der Waals surface area (Å²) in [5, 5.41) is 9.45. The highest BCUT2D eigenvalue weighted by Gasteiger charge is 2.49. The first-order chi connectivity index (χ1) is 13.1. The number of fused-ring (bicyclic) bond motifs is 1. The minimum atomic E-state index is -0.904. The third-order valence-electron chi connectivity index (χ3n) is 5.13. The molecular formula is C18H17N7O2. The second kappa shape index (κ2) is 5.76. The van der Waals surface area contributed by atoms with Crippen LogP contribution in [-0.4, -0.2) is 50.1 Å². The first kappa shape index (κ1) is 15.7. The van der Waals surface area contributed by atoms with E-state index in [4.69, 9.17) is 0 Å². The topological polar surface area (TPSA) is 105 Å². The van der Waals surface area contributed by atoms with E-state index in [9.17, 15) is 9.59 Å². The Morgan fingerprint density at radius 2 is 2.00 bits per heavy atom. The molecule has 2 saturated heterocycles. The van der Waals surface area contributed by atoms with Gasteiger partial charge in [-0.05, 0) is 12.8 Å². The fourth-order valence-corrected chi connectivity index (χ4v) is 3.85. The molecule has 5 rings (SSSR count). The summed E-state index contributed by atoms with van der Waals surface area (Å²) in [7, 11) is 0. The SMILES string of the molecule is O=C1NC(=O)C2(CCCN(c3cc(-c4ccccc4)nc4ncnn34)C2)N1.